The van der Waals surface area contributed by atoms with E-state index in [0.29, 0.717) is 12.4 Å². The maximum absolute atomic E-state index is 13.1. The van der Waals surface area contributed by atoms with Crippen LogP contribution in [-0.2, 0) is 0 Å². The van der Waals surface area contributed by atoms with Crippen LogP contribution in [0, 0.1) is 22.6 Å². The Bertz CT molecular complexity index is 505. The van der Waals surface area contributed by atoms with Crippen molar-refractivity contribution in [3.05, 3.63) is 29.6 Å². The zero-order valence-corrected chi connectivity index (χ0v) is 9.32. The normalized spacial score (nSPS) is 25.6. The number of ether oxygens (including phenoxy) is 1. The van der Waals surface area contributed by atoms with Crippen LogP contribution < -0.4 is 10.5 Å². The number of nitrogens with two attached hydrogens (primary N) is 1. The van der Waals surface area contributed by atoms with E-state index in [0.717, 1.165) is 18.4 Å². The Balaban J connectivity index is 2.09. The predicted octanol–water partition coefficient (Wildman–Crippen LogP) is 1.93. The lowest BCUT2D eigenvalue weighted by Crippen LogP contribution is -2.39. The Hall–Kier alpha value is -1.60. The third-order valence-corrected chi connectivity index (χ3v) is 3.89. The van der Waals surface area contributed by atoms with Crippen molar-refractivity contribution in [1.29, 1.82) is 5.26 Å². The van der Waals surface area contributed by atoms with Crippen LogP contribution >= 0.6 is 0 Å². The first-order chi connectivity index (χ1) is 8.16. The van der Waals surface area contributed by atoms with Gasteiger partial charge in [-0.3, -0.25) is 0 Å². The molecule has 1 aliphatic heterocycles. The SMILES string of the molecule is N#C[C@@H](N)[C@@H]1c2ccc(F)cc2OCC12CC2. The van der Waals surface area contributed by atoms with Crippen molar-refractivity contribution in [1.82, 2.24) is 0 Å². The van der Waals surface area contributed by atoms with Gasteiger partial charge in [0.05, 0.1) is 12.7 Å². The average molecular weight is 232 g/mol. The fourth-order valence-corrected chi connectivity index (χ4v) is 2.80. The van der Waals surface area contributed by atoms with Crippen molar-refractivity contribution < 1.29 is 9.13 Å². The van der Waals surface area contributed by atoms with E-state index in [9.17, 15) is 4.39 Å². The van der Waals surface area contributed by atoms with Crippen molar-refractivity contribution in [2.75, 3.05) is 6.61 Å². The molecule has 1 aromatic rings. The first kappa shape index (κ1) is 10.5. The minimum atomic E-state index is -0.550. The predicted molar refractivity (Wildman–Crippen MR) is 59.9 cm³/mol. The van der Waals surface area contributed by atoms with Crippen molar-refractivity contribution in [3.63, 3.8) is 0 Å². The van der Waals surface area contributed by atoms with Gasteiger partial charge < -0.3 is 10.5 Å². The fraction of sp³-hybridized carbons (Fsp3) is 0.462. The molecule has 0 unspecified atom stereocenters. The molecule has 17 heavy (non-hydrogen) atoms. The first-order valence-corrected chi connectivity index (χ1v) is 5.74. The first-order valence-electron chi connectivity index (χ1n) is 5.74. The van der Waals surface area contributed by atoms with E-state index in [1.165, 1.54) is 12.1 Å². The lowest BCUT2D eigenvalue weighted by atomic mass is 9.77. The van der Waals surface area contributed by atoms with E-state index in [4.69, 9.17) is 15.7 Å². The van der Waals surface area contributed by atoms with Gasteiger partial charge in [0.1, 0.15) is 17.6 Å². The van der Waals surface area contributed by atoms with Gasteiger partial charge in [-0.15, -0.1) is 0 Å². The third-order valence-electron chi connectivity index (χ3n) is 3.89. The summed E-state index contributed by atoms with van der Waals surface area (Å²) in [7, 11) is 0. The van der Waals surface area contributed by atoms with E-state index in [-0.39, 0.29) is 17.2 Å². The molecule has 1 fully saturated rings. The van der Waals surface area contributed by atoms with Gasteiger partial charge in [-0.05, 0) is 18.9 Å². The maximum atomic E-state index is 13.1. The Labute approximate surface area is 99.0 Å². The van der Waals surface area contributed by atoms with Crippen LogP contribution in [-0.4, -0.2) is 12.6 Å². The van der Waals surface area contributed by atoms with Crippen LogP contribution in [0.3, 0.4) is 0 Å². The Kier molecular flexibility index (Phi) is 2.14. The minimum Gasteiger partial charge on any atom is -0.493 e. The lowest BCUT2D eigenvalue weighted by molar-refractivity contribution is 0.169. The topological polar surface area (TPSA) is 59.0 Å². The second kappa shape index (κ2) is 3.44. The number of halogens is 1. The standard InChI is InChI=1S/C13H13FN2O/c14-8-1-2-9-11(5-8)17-7-13(3-4-13)12(9)10(16)6-15/h1-2,5,10,12H,3-4,7,16H2/t10-,12+/m1/s1. The van der Waals surface area contributed by atoms with E-state index in [1.54, 1.807) is 6.07 Å². The van der Waals surface area contributed by atoms with Crippen LogP contribution in [0.1, 0.15) is 24.3 Å². The minimum absolute atomic E-state index is 0.0139. The third kappa shape index (κ3) is 1.50. The van der Waals surface area contributed by atoms with Gasteiger partial charge in [0.25, 0.3) is 0 Å². The summed E-state index contributed by atoms with van der Waals surface area (Å²) in [4.78, 5) is 0. The molecule has 2 N–H and O–H groups in total. The molecule has 0 amide bonds. The average Bonchev–Trinajstić information content (AvgIpc) is 3.09. The van der Waals surface area contributed by atoms with Gasteiger partial charge in [0, 0.05) is 23.0 Å². The molecule has 1 heterocycles. The highest BCUT2D eigenvalue weighted by Crippen LogP contribution is 2.60. The molecule has 88 valence electrons. The molecule has 1 aliphatic carbocycles. The van der Waals surface area contributed by atoms with Crippen molar-refractivity contribution >= 4 is 0 Å². The number of rotatable bonds is 1. The fourth-order valence-electron chi connectivity index (χ4n) is 2.80. The van der Waals surface area contributed by atoms with Gasteiger partial charge in [-0.1, -0.05) is 6.07 Å². The van der Waals surface area contributed by atoms with E-state index < -0.39 is 6.04 Å². The van der Waals surface area contributed by atoms with E-state index in [2.05, 4.69) is 6.07 Å². The van der Waals surface area contributed by atoms with Gasteiger partial charge in [0.15, 0.2) is 0 Å². The molecule has 3 nitrogen and oxygen atoms in total. The van der Waals surface area contributed by atoms with Crippen molar-refractivity contribution in [2.45, 2.75) is 24.8 Å². The summed E-state index contributed by atoms with van der Waals surface area (Å²) in [5.74, 6) is 0.190. The molecule has 1 spiro atoms. The van der Waals surface area contributed by atoms with Gasteiger partial charge in [0.2, 0.25) is 0 Å². The van der Waals surface area contributed by atoms with Crippen LogP contribution in [0.4, 0.5) is 4.39 Å². The summed E-state index contributed by atoms with van der Waals surface area (Å²) < 4.78 is 18.7. The number of hydrogen-bond acceptors (Lipinski definition) is 3. The maximum Gasteiger partial charge on any atom is 0.126 e. The Morgan fingerprint density at radius 2 is 2.29 bits per heavy atom. The molecule has 0 bridgehead atoms. The van der Waals surface area contributed by atoms with Crippen LogP contribution in [0.15, 0.2) is 18.2 Å². The number of benzene rings is 1. The molecular weight excluding hydrogens is 219 g/mol. The Morgan fingerprint density at radius 1 is 1.53 bits per heavy atom. The van der Waals surface area contributed by atoms with Crippen molar-refractivity contribution in [3.8, 4) is 11.8 Å². The summed E-state index contributed by atoms with van der Waals surface area (Å²) in [5, 5.41) is 9.04. The smallest absolute Gasteiger partial charge is 0.126 e. The lowest BCUT2D eigenvalue weighted by Gasteiger charge is -2.35. The zero-order chi connectivity index (χ0) is 12.0. The molecule has 4 heteroatoms. The molecule has 1 saturated carbocycles. The van der Waals surface area contributed by atoms with Crippen LogP contribution in [0.5, 0.6) is 5.75 Å². The summed E-state index contributed by atoms with van der Waals surface area (Å²) in [5.41, 5.74) is 6.80. The molecule has 3 rings (SSSR count). The molecule has 0 radical (unpaired) electrons. The second-order valence-corrected chi connectivity index (χ2v) is 4.97. The van der Waals surface area contributed by atoms with E-state index in [1.807, 2.05) is 0 Å². The summed E-state index contributed by atoms with van der Waals surface area (Å²) in [6.45, 7) is 0.545. The zero-order valence-electron chi connectivity index (χ0n) is 9.32. The number of hydrogen-bond donors (Lipinski definition) is 1. The van der Waals surface area contributed by atoms with Gasteiger partial charge >= 0.3 is 0 Å². The van der Waals surface area contributed by atoms with Crippen LogP contribution in [0.2, 0.25) is 0 Å². The number of nitriles is 1. The highest BCUT2D eigenvalue weighted by Gasteiger charge is 2.55. The molecular formula is C13H13FN2O. The van der Waals surface area contributed by atoms with Crippen LogP contribution in [0.25, 0.3) is 0 Å². The molecule has 2 atom stereocenters. The monoisotopic (exact) mass is 232 g/mol. The highest BCUT2D eigenvalue weighted by atomic mass is 19.1. The van der Waals surface area contributed by atoms with Gasteiger partial charge in [-0.25, -0.2) is 4.39 Å². The molecule has 1 aromatic carbocycles. The number of nitrogens with zero attached hydrogens (tertiary/aromatic N) is 1. The Morgan fingerprint density at radius 3 is 2.94 bits per heavy atom. The molecule has 0 aromatic heterocycles. The van der Waals surface area contributed by atoms with Gasteiger partial charge in [-0.2, -0.15) is 5.26 Å². The molecule has 0 saturated heterocycles. The van der Waals surface area contributed by atoms with Crippen molar-refractivity contribution in [2.24, 2.45) is 11.1 Å². The quantitative estimate of drug-likeness (QED) is 0.804. The van der Waals surface area contributed by atoms with E-state index >= 15 is 0 Å². The summed E-state index contributed by atoms with van der Waals surface area (Å²) >= 11 is 0. The highest BCUT2D eigenvalue weighted by molar-refractivity contribution is 5.43. The second-order valence-electron chi connectivity index (χ2n) is 4.97. The molecule has 2 aliphatic rings. The summed E-state index contributed by atoms with van der Waals surface area (Å²) in [6, 6.07) is 6.04. The largest absolute Gasteiger partial charge is 0.493 e. The number of fused-ring (bicyclic) bond motifs is 1. The summed E-state index contributed by atoms with van der Waals surface area (Å²) in [6.07, 6.45) is 2.06.